The molecule has 1 aromatic carbocycles. The third-order valence-electron chi connectivity index (χ3n) is 2.11. The van der Waals surface area contributed by atoms with Gasteiger partial charge in [-0.25, -0.2) is 4.39 Å². The first-order chi connectivity index (χ1) is 7.66. The molecule has 0 radical (unpaired) electrons. The summed E-state index contributed by atoms with van der Waals surface area (Å²) in [5.74, 6) is -0.624. The van der Waals surface area contributed by atoms with Crippen LogP contribution in [0.15, 0.2) is 42.7 Å². The van der Waals surface area contributed by atoms with Crippen molar-refractivity contribution in [2.24, 2.45) is 0 Å². The highest BCUT2D eigenvalue weighted by atomic mass is 19.1. The Morgan fingerprint density at radius 1 is 1.12 bits per heavy atom. The Hall–Kier alpha value is -2.30. The van der Waals surface area contributed by atoms with Crippen LogP contribution in [-0.2, 0) is 0 Å². The summed E-state index contributed by atoms with van der Waals surface area (Å²) >= 11 is 0. The molecule has 0 spiro atoms. The lowest BCUT2D eigenvalue weighted by Gasteiger charge is -2.01. The summed E-state index contributed by atoms with van der Waals surface area (Å²) in [7, 11) is 0. The van der Waals surface area contributed by atoms with Crippen molar-refractivity contribution in [3.05, 3.63) is 58.7 Å². The monoisotopic (exact) mass is 218 g/mol. The smallest absolute Gasteiger partial charge is 0.265 e. The van der Waals surface area contributed by atoms with Crippen LogP contribution in [0.4, 0.5) is 10.1 Å². The fourth-order valence-electron chi connectivity index (χ4n) is 1.39. The van der Waals surface area contributed by atoms with Gasteiger partial charge in [-0.3, -0.25) is 15.1 Å². The molecule has 0 fully saturated rings. The minimum atomic E-state index is -0.624. The maximum Gasteiger partial charge on any atom is 0.272 e. The van der Waals surface area contributed by atoms with Crippen LogP contribution in [0.2, 0.25) is 0 Å². The molecule has 16 heavy (non-hydrogen) atoms. The highest BCUT2D eigenvalue weighted by Crippen LogP contribution is 2.24. The molecular weight excluding hydrogens is 211 g/mol. The van der Waals surface area contributed by atoms with Crippen molar-refractivity contribution in [3.8, 4) is 11.1 Å². The molecule has 2 aromatic rings. The van der Waals surface area contributed by atoms with Gasteiger partial charge in [-0.15, -0.1) is 0 Å². The number of nitrogens with zero attached hydrogens (tertiary/aromatic N) is 2. The van der Waals surface area contributed by atoms with E-state index in [1.54, 1.807) is 24.5 Å². The van der Waals surface area contributed by atoms with E-state index < -0.39 is 10.7 Å². The van der Waals surface area contributed by atoms with Gasteiger partial charge in [0.05, 0.1) is 11.0 Å². The first kappa shape index (κ1) is 10.2. The van der Waals surface area contributed by atoms with E-state index in [2.05, 4.69) is 4.98 Å². The van der Waals surface area contributed by atoms with E-state index >= 15 is 0 Å². The van der Waals surface area contributed by atoms with Gasteiger partial charge in [0.15, 0.2) is 0 Å². The van der Waals surface area contributed by atoms with Crippen molar-refractivity contribution in [2.75, 3.05) is 0 Å². The molecule has 1 heterocycles. The summed E-state index contributed by atoms with van der Waals surface area (Å²) in [6.07, 6.45) is 3.10. The Morgan fingerprint density at radius 3 is 2.44 bits per heavy atom. The van der Waals surface area contributed by atoms with Gasteiger partial charge in [-0.1, -0.05) is 0 Å². The van der Waals surface area contributed by atoms with Crippen molar-refractivity contribution < 1.29 is 9.31 Å². The van der Waals surface area contributed by atoms with Crippen LogP contribution in [-0.4, -0.2) is 9.91 Å². The predicted octanol–water partition coefficient (Wildman–Crippen LogP) is 2.80. The van der Waals surface area contributed by atoms with E-state index in [-0.39, 0.29) is 5.69 Å². The average Bonchev–Trinajstić information content (AvgIpc) is 2.29. The van der Waals surface area contributed by atoms with Crippen LogP contribution in [0.25, 0.3) is 11.1 Å². The maximum absolute atomic E-state index is 13.2. The van der Waals surface area contributed by atoms with Crippen LogP contribution in [0.3, 0.4) is 0 Å². The zero-order chi connectivity index (χ0) is 11.5. The van der Waals surface area contributed by atoms with Crippen LogP contribution in [0, 0.1) is 15.9 Å². The molecule has 1 aromatic heterocycles. The van der Waals surface area contributed by atoms with Gasteiger partial charge in [-0.05, 0) is 29.3 Å². The number of nitro benzene ring substituents is 1. The second-order valence-electron chi connectivity index (χ2n) is 3.19. The molecule has 4 nitrogen and oxygen atoms in total. The Bertz CT molecular complexity index is 529. The number of nitro groups is 1. The van der Waals surface area contributed by atoms with Crippen molar-refractivity contribution >= 4 is 5.69 Å². The van der Waals surface area contributed by atoms with Crippen molar-refractivity contribution in [1.29, 1.82) is 0 Å². The zero-order valence-corrected chi connectivity index (χ0v) is 8.13. The first-order valence-electron chi connectivity index (χ1n) is 4.52. The number of pyridine rings is 1. The molecule has 0 N–H and O–H groups in total. The lowest BCUT2D eigenvalue weighted by molar-refractivity contribution is -0.385. The Kier molecular flexibility index (Phi) is 2.59. The molecule has 0 bridgehead atoms. The van der Waals surface area contributed by atoms with Crippen LogP contribution in [0.1, 0.15) is 0 Å². The Labute approximate surface area is 90.5 Å². The molecule has 0 saturated carbocycles. The molecule has 0 aliphatic carbocycles. The molecule has 0 aliphatic rings. The van der Waals surface area contributed by atoms with E-state index in [1.807, 2.05) is 0 Å². The number of halogens is 1. The Balaban J connectivity index is 2.54. The summed E-state index contributed by atoms with van der Waals surface area (Å²) in [5.41, 5.74) is 0.901. The molecule has 0 saturated heterocycles. The highest BCUT2D eigenvalue weighted by Gasteiger charge is 2.10. The number of rotatable bonds is 2. The molecule has 5 heteroatoms. The lowest BCUT2D eigenvalue weighted by atomic mass is 10.1. The van der Waals surface area contributed by atoms with Gasteiger partial charge in [0.25, 0.3) is 5.69 Å². The van der Waals surface area contributed by atoms with E-state index in [9.17, 15) is 14.5 Å². The van der Waals surface area contributed by atoms with Gasteiger partial charge >= 0.3 is 0 Å². The second kappa shape index (κ2) is 4.06. The standard InChI is InChI=1S/C11H7FN2O2/c12-10-5-9(6-11(7-10)14(15)16)8-1-3-13-4-2-8/h1-7H. The van der Waals surface area contributed by atoms with Gasteiger partial charge in [-0.2, -0.15) is 0 Å². The third kappa shape index (κ3) is 2.03. The highest BCUT2D eigenvalue weighted by molar-refractivity contribution is 5.65. The van der Waals surface area contributed by atoms with Gasteiger partial charge < -0.3 is 0 Å². The number of benzene rings is 1. The van der Waals surface area contributed by atoms with Gasteiger partial charge in [0.2, 0.25) is 0 Å². The minimum Gasteiger partial charge on any atom is -0.265 e. The minimum absolute atomic E-state index is 0.258. The second-order valence-corrected chi connectivity index (χ2v) is 3.19. The van der Waals surface area contributed by atoms with E-state index in [4.69, 9.17) is 0 Å². The Morgan fingerprint density at radius 2 is 1.81 bits per heavy atom. The van der Waals surface area contributed by atoms with E-state index in [0.717, 1.165) is 6.07 Å². The molecule has 0 amide bonds. The quantitative estimate of drug-likeness (QED) is 0.575. The first-order valence-corrected chi connectivity index (χ1v) is 4.52. The summed E-state index contributed by atoms with van der Waals surface area (Å²) in [5, 5.41) is 10.6. The molecule has 0 unspecified atom stereocenters. The van der Waals surface area contributed by atoms with Crippen LogP contribution in [0.5, 0.6) is 0 Å². The summed E-state index contributed by atoms with van der Waals surface area (Å²) in [6, 6.07) is 6.81. The molecule has 2 rings (SSSR count). The number of aromatic nitrogens is 1. The van der Waals surface area contributed by atoms with Crippen LogP contribution < -0.4 is 0 Å². The summed E-state index contributed by atoms with van der Waals surface area (Å²) < 4.78 is 13.2. The van der Waals surface area contributed by atoms with Crippen molar-refractivity contribution in [1.82, 2.24) is 4.98 Å². The molecular formula is C11H7FN2O2. The summed E-state index contributed by atoms with van der Waals surface area (Å²) in [6.45, 7) is 0. The number of hydrogen-bond acceptors (Lipinski definition) is 3. The third-order valence-corrected chi connectivity index (χ3v) is 2.11. The van der Waals surface area contributed by atoms with Crippen molar-refractivity contribution in [3.63, 3.8) is 0 Å². The SMILES string of the molecule is O=[N+]([O-])c1cc(F)cc(-c2ccncc2)c1. The fourth-order valence-corrected chi connectivity index (χ4v) is 1.39. The average molecular weight is 218 g/mol. The van der Waals surface area contributed by atoms with E-state index in [0.29, 0.717) is 11.1 Å². The summed E-state index contributed by atoms with van der Waals surface area (Å²) in [4.78, 5) is 13.8. The van der Waals surface area contributed by atoms with Crippen LogP contribution >= 0.6 is 0 Å². The number of hydrogen-bond donors (Lipinski definition) is 0. The normalized spacial score (nSPS) is 10.1. The molecule has 0 atom stereocenters. The van der Waals surface area contributed by atoms with Gasteiger partial charge in [0.1, 0.15) is 5.82 Å². The molecule has 0 aliphatic heterocycles. The predicted molar refractivity (Wildman–Crippen MR) is 56.3 cm³/mol. The molecule has 80 valence electrons. The van der Waals surface area contributed by atoms with E-state index in [1.165, 1.54) is 12.1 Å². The largest absolute Gasteiger partial charge is 0.272 e. The van der Waals surface area contributed by atoms with Gasteiger partial charge in [0, 0.05) is 18.5 Å². The fraction of sp³-hybridized carbons (Fsp3) is 0. The lowest BCUT2D eigenvalue weighted by Crippen LogP contribution is -1.90. The van der Waals surface area contributed by atoms with Crippen molar-refractivity contribution in [2.45, 2.75) is 0 Å². The topological polar surface area (TPSA) is 56.0 Å². The zero-order valence-electron chi connectivity index (χ0n) is 8.13. The maximum atomic E-state index is 13.2. The number of non-ortho nitro benzene ring substituents is 1.